The molecule has 14 nitrogen and oxygen atoms in total. The normalized spacial score (nSPS) is 22.9. The maximum Gasteiger partial charge on any atom is 0.408 e. The molecule has 3 aromatic rings. The summed E-state index contributed by atoms with van der Waals surface area (Å²) in [6.45, 7) is 12.5. The molecule has 3 N–H and O–H groups in total. The van der Waals surface area contributed by atoms with Crippen LogP contribution in [0.2, 0.25) is 0 Å². The van der Waals surface area contributed by atoms with Crippen molar-refractivity contribution in [3.8, 4) is 11.6 Å². The zero-order valence-electron chi connectivity index (χ0n) is 32.0. The number of pyridine rings is 1. The first-order valence-electron chi connectivity index (χ1n) is 18.3. The van der Waals surface area contributed by atoms with Crippen LogP contribution in [-0.2, 0) is 34.7 Å². The van der Waals surface area contributed by atoms with E-state index in [0.717, 1.165) is 10.9 Å². The van der Waals surface area contributed by atoms with Crippen LogP contribution in [0.3, 0.4) is 0 Å². The van der Waals surface area contributed by atoms with E-state index < -0.39 is 79.7 Å². The second-order valence-corrected chi connectivity index (χ2v) is 18.0. The van der Waals surface area contributed by atoms with Crippen molar-refractivity contribution in [2.45, 2.75) is 94.9 Å². The third-order valence-corrected chi connectivity index (χ3v) is 12.3. The first kappa shape index (κ1) is 39.5. The van der Waals surface area contributed by atoms with Crippen LogP contribution in [-0.4, -0.2) is 84.7 Å². The first-order valence-corrected chi connectivity index (χ1v) is 19.9. The minimum atomic E-state index is -3.91. The van der Waals surface area contributed by atoms with Gasteiger partial charge in [-0.3, -0.25) is 19.1 Å². The zero-order chi connectivity index (χ0) is 39.9. The number of hydrogen-bond donors (Lipinski definition) is 3. The molecule has 1 saturated heterocycles. The molecule has 15 heteroatoms. The lowest BCUT2D eigenvalue weighted by molar-refractivity contribution is -0.143. The number of hydrogen-bond acceptors (Lipinski definition) is 10. The van der Waals surface area contributed by atoms with Crippen molar-refractivity contribution in [1.29, 1.82) is 0 Å². The molecule has 0 bridgehead atoms. The van der Waals surface area contributed by atoms with Crippen molar-refractivity contribution in [3.63, 3.8) is 0 Å². The highest BCUT2D eigenvalue weighted by Gasteiger charge is 2.62. The number of methoxy groups -OCH3 is 1. The summed E-state index contributed by atoms with van der Waals surface area (Å²) >= 11 is 0. The van der Waals surface area contributed by atoms with Gasteiger partial charge in [0.25, 0.3) is 5.91 Å². The van der Waals surface area contributed by atoms with Gasteiger partial charge in [0.2, 0.25) is 27.7 Å². The summed E-state index contributed by atoms with van der Waals surface area (Å²) in [4.78, 5) is 61.8. The number of rotatable bonds is 13. The second-order valence-electron chi connectivity index (χ2n) is 16.1. The van der Waals surface area contributed by atoms with Gasteiger partial charge in [0.1, 0.15) is 35.1 Å². The van der Waals surface area contributed by atoms with Crippen molar-refractivity contribution in [1.82, 2.24) is 25.2 Å². The van der Waals surface area contributed by atoms with Gasteiger partial charge in [-0.2, -0.15) is 0 Å². The number of carbonyl (C=O) groups excluding carboxylic acids is 4. The monoisotopic (exact) mass is 775 g/mol. The van der Waals surface area contributed by atoms with E-state index in [1.165, 1.54) is 11.0 Å². The van der Waals surface area contributed by atoms with Crippen LogP contribution in [0.1, 0.15) is 65.9 Å². The standard InChI is InChI=1S/C40H49N5O9S/c1-8-25-22-40(25,36(48)44-55(50,51)29-15-16-29)43-33(46)31-21-28(53-34-30-17-14-27(52-7)20-24(30)18-19-41-34)23-45(31)35(47)32(38(2,3)4)42-37(49)54-39(5,6)26-12-10-9-11-13-26/h8-14,17-20,25,28-29,31-32H,1,15-16,21-23H2,2-7H3,(H,42,49)(H,43,46)(H,44,48)/t25-,28?,31+,32-,40-/m1/s1. The van der Waals surface area contributed by atoms with E-state index in [4.69, 9.17) is 14.2 Å². The van der Waals surface area contributed by atoms with Crippen LogP contribution in [0.15, 0.2) is 73.4 Å². The van der Waals surface area contributed by atoms with Crippen LogP contribution < -0.4 is 24.8 Å². The average molecular weight is 776 g/mol. The third kappa shape index (κ3) is 8.41. The topological polar surface area (TPSA) is 182 Å². The van der Waals surface area contributed by atoms with Crippen molar-refractivity contribution in [2.75, 3.05) is 13.7 Å². The molecule has 2 heterocycles. The summed E-state index contributed by atoms with van der Waals surface area (Å²) in [6, 6.07) is 14.1. The van der Waals surface area contributed by atoms with Gasteiger partial charge in [0.05, 0.1) is 18.9 Å². The largest absolute Gasteiger partial charge is 0.497 e. The highest BCUT2D eigenvalue weighted by Crippen LogP contribution is 2.45. The van der Waals surface area contributed by atoms with E-state index in [0.29, 0.717) is 24.0 Å². The fraction of sp³-hybridized carbons (Fsp3) is 0.475. The van der Waals surface area contributed by atoms with Gasteiger partial charge in [-0.1, -0.05) is 57.2 Å². The summed E-state index contributed by atoms with van der Waals surface area (Å²) < 4.78 is 45.2. The summed E-state index contributed by atoms with van der Waals surface area (Å²) in [7, 11) is -2.35. The summed E-state index contributed by atoms with van der Waals surface area (Å²) in [5.41, 5.74) is -2.71. The van der Waals surface area contributed by atoms with Gasteiger partial charge in [-0.25, -0.2) is 18.2 Å². The van der Waals surface area contributed by atoms with Crippen LogP contribution in [0, 0.1) is 11.3 Å². The summed E-state index contributed by atoms with van der Waals surface area (Å²) in [5, 5.41) is 6.39. The van der Waals surface area contributed by atoms with Gasteiger partial charge in [-0.05, 0) is 73.7 Å². The molecule has 55 heavy (non-hydrogen) atoms. The van der Waals surface area contributed by atoms with Gasteiger partial charge < -0.3 is 29.7 Å². The molecule has 1 aromatic heterocycles. The van der Waals surface area contributed by atoms with Crippen molar-refractivity contribution in [3.05, 3.63) is 79.0 Å². The highest BCUT2D eigenvalue weighted by molar-refractivity contribution is 7.91. The smallest absolute Gasteiger partial charge is 0.408 e. The molecule has 2 saturated carbocycles. The third-order valence-electron chi connectivity index (χ3n) is 10.5. The number of nitrogens with zero attached hydrogens (tertiary/aromatic N) is 2. The fourth-order valence-electron chi connectivity index (χ4n) is 6.99. The molecular weight excluding hydrogens is 727 g/mol. The van der Waals surface area contributed by atoms with E-state index >= 15 is 0 Å². The Balaban J connectivity index is 1.28. The number of likely N-dealkylation sites (tertiary alicyclic amines) is 1. The molecule has 3 fully saturated rings. The van der Waals surface area contributed by atoms with Crippen molar-refractivity contribution < 1.29 is 41.8 Å². The van der Waals surface area contributed by atoms with Crippen LogP contribution in [0.25, 0.3) is 10.8 Å². The lowest BCUT2D eigenvalue weighted by Crippen LogP contribution is -2.60. The Labute approximate surface area is 321 Å². The van der Waals surface area contributed by atoms with Crippen molar-refractivity contribution in [2.24, 2.45) is 11.3 Å². The molecule has 3 aliphatic rings. The molecule has 4 amide bonds. The van der Waals surface area contributed by atoms with Gasteiger partial charge in [0, 0.05) is 23.9 Å². The van der Waals surface area contributed by atoms with E-state index in [9.17, 15) is 27.6 Å². The number of aromatic nitrogens is 1. The Kier molecular flexibility index (Phi) is 10.6. The summed E-state index contributed by atoms with van der Waals surface area (Å²) in [5.74, 6) is -1.72. The Morgan fingerprint density at radius 1 is 1.04 bits per heavy atom. The van der Waals surface area contributed by atoms with Crippen LogP contribution in [0.5, 0.6) is 11.6 Å². The number of sulfonamides is 1. The number of carbonyl (C=O) groups is 4. The van der Waals surface area contributed by atoms with Crippen LogP contribution >= 0.6 is 0 Å². The maximum atomic E-state index is 14.7. The maximum absolute atomic E-state index is 14.7. The molecule has 0 radical (unpaired) electrons. The number of benzene rings is 2. The molecular formula is C40H49N5O9S. The molecule has 6 rings (SSSR count). The quantitative estimate of drug-likeness (QED) is 0.211. The number of amides is 4. The molecule has 2 aromatic carbocycles. The predicted octanol–water partition coefficient (Wildman–Crippen LogP) is 4.34. The Hall–Kier alpha value is -5.18. The number of fused-ring (bicyclic) bond motifs is 1. The number of nitrogens with one attached hydrogen (secondary N) is 3. The van der Waals surface area contributed by atoms with Crippen LogP contribution in [0.4, 0.5) is 4.79 Å². The van der Waals surface area contributed by atoms with E-state index in [2.05, 4.69) is 26.9 Å². The zero-order valence-corrected chi connectivity index (χ0v) is 32.8. The van der Waals surface area contributed by atoms with E-state index in [1.807, 2.05) is 42.5 Å². The molecule has 1 aliphatic heterocycles. The number of ether oxygens (including phenoxy) is 3. The highest BCUT2D eigenvalue weighted by atomic mass is 32.2. The molecule has 0 spiro atoms. The molecule has 5 atom stereocenters. The van der Waals surface area contributed by atoms with Gasteiger partial charge in [-0.15, -0.1) is 6.58 Å². The predicted molar refractivity (Wildman–Crippen MR) is 204 cm³/mol. The lowest BCUT2D eigenvalue weighted by Gasteiger charge is -2.36. The molecule has 2 aliphatic carbocycles. The number of alkyl carbamates (subject to hydrolysis) is 1. The Morgan fingerprint density at radius 2 is 1.75 bits per heavy atom. The SMILES string of the molecule is C=C[C@@H]1C[C@]1(NC(=O)[C@@H]1CC(Oc2nccc3cc(OC)ccc23)CN1C(=O)[C@@H](NC(=O)OC(C)(C)c1ccccc1)C(C)(C)C)C(=O)NS(=O)(=O)C1CC1. The van der Waals surface area contributed by atoms with Gasteiger partial charge >= 0.3 is 6.09 Å². The van der Waals surface area contributed by atoms with Gasteiger partial charge in [0.15, 0.2) is 0 Å². The van der Waals surface area contributed by atoms with E-state index in [1.54, 1.807) is 60.1 Å². The first-order chi connectivity index (χ1) is 25.9. The Bertz CT molecular complexity index is 2100. The minimum absolute atomic E-state index is 0.00493. The molecule has 1 unspecified atom stereocenters. The van der Waals surface area contributed by atoms with Crippen molar-refractivity contribution >= 4 is 44.6 Å². The average Bonchev–Trinajstić information content (AvgIpc) is 4.06. The minimum Gasteiger partial charge on any atom is -0.497 e. The Morgan fingerprint density at radius 3 is 2.36 bits per heavy atom. The molecule has 294 valence electrons. The summed E-state index contributed by atoms with van der Waals surface area (Å²) in [6.07, 6.45) is 2.56. The lowest BCUT2D eigenvalue weighted by atomic mass is 9.85. The fourth-order valence-corrected chi connectivity index (χ4v) is 8.36. The van der Waals surface area contributed by atoms with E-state index in [-0.39, 0.29) is 25.3 Å². The second kappa shape index (κ2) is 14.8.